The topological polar surface area (TPSA) is 65.2 Å². The van der Waals surface area contributed by atoms with Crippen LogP contribution in [-0.2, 0) is 12.8 Å². The van der Waals surface area contributed by atoms with Gasteiger partial charge in [-0.25, -0.2) is 4.79 Å². The molecule has 0 unspecified atom stereocenters. The van der Waals surface area contributed by atoms with Gasteiger partial charge in [-0.05, 0) is 30.9 Å². The van der Waals surface area contributed by atoms with Crippen LogP contribution in [0.1, 0.15) is 17.7 Å². The molecule has 0 saturated carbocycles. The molecular weight excluding hydrogens is 168 g/mol. The third kappa shape index (κ3) is 1.61. The normalized spacial score (nSPS) is 13.8. The highest BCUT2D eigenvalue weighted by Crippen LogP contribution is 2.23. The second-order valence-corrected chi connectivity index (χ2v) is 3.05. The Balaban J connectivity index is 2.25. The summed E-state index contributed by atoms with van der Waals surface area (Å²) in [5.74, 6) is 0.438. The maximum Gasteiger partial charge on any atom is 0.410 e. The summed E-state index contributed by atoms with van der Waals surface area (Å²) in [6.07, 6.45) is 3.90. The van der Waals surface area contributed by atoms with E-state index >= 15 is 0 Å². The van der Waals surface area contributed by atoms with Crippen LogP contribution in [0.3, 0.4) is 0 Å². The van der Waals surface area contributed by atoms with Crippen molar-refractivity contribution in [2.45, 2.75) is 19.3 Å². The van der Waals surface area contributed by atoms with Crippen molar-refractivity contribution in [2.24, 2.45) is 5.73 Å². The largest absolute Gasteiger partial charge is 0.410 e. The lowest BCUT2D eigenvalue weighted by atomic mass is 10.2. The van der Waals surface area contributed by atoms with Crippen molar-refractivity contribution >= 4 is 6.09 Å². The summed E-state index contributed by atoms with van der Waals surface area (Å²) >= 11 is 0. The van der Waals surface area contributed by atoms with E-state index in [0.717, 1.165) is 25.0 Å². The molecule has 0 aromatic carbocycles. The fourth-order valence-corrected chi connectivity index (χ4v) is 1.58. The number of aryl methyl sites for hydroxylation is 2. The van der Waals surface area contributed by atoms with Crippen LogP contribution >= 0.6 is 0 Å². The molecule has 0 radical (unpaired) electrons. The number of carbonyl (C=O) groups is 1. The average molecular weight is 178 g/mol. The molecule has 4 heteroatoms. The van der Waals surface area contributed by atoms with Crippen LogP contribution < -0.4 is 10.5 Å². The number of rotatable bonds is 1. The Bertz CT molecular complexity index is 349. The Kier molecular flexibility index (Phi) is 1.88. The Morgan fingerprint density at radius 2 is 2.38 bits per heavy atom. The molecule has 0 atom stereocenters. The van der Waals surface area contributed by atoms with Gasteiger partial charge in [0.05, 0.1) is 6.20 Å². The average Bonchev–Trinajstić information content (AvgIpc) is 2.49. The summed E-state index contributed by atoms with van der Waals surface area (Å²) in [7, 11) is 0. The number of pyridine rings is 1. The molecule has 0 saturated heterocycles. The first-order chi connectivity index (χ1) is 6.25. The van der Waals surface area contributed by atoms with Crippen LogP contribution in [0.15, 0.2) is 12.3 Å². The molecule has 2 rings (SSSR count). The highest BCUT2D eigenvalue weighted by Gasteiger charge is 2.13. The van der Waals surface area contributed by atoms with Crippen LogP contribution in [-0.4, -0.2) is 11.1 Å². The van der Waals surface area contributed by atoms with Gasteiger partial charge in [0.15, 0.2) is 5.75 Å². The summed E-state index contributed by atoms with van der Waals surface area (Å²) in [4.78, 5) is 14.6. The van der Waals surface area contributed by atoms with E-state index in [1.54, 1.807) is 0 Å². The van der Waals surface area contributed by atoms with Crippen molar-refractivity contribution in [3.63, 3.8) is 0 Å². The van der Waals surface area contributed by atoms with Crippen molar-refractivity contribution in [3.05, 3.63) is 23.5 Å². The van der Waals surface area contributed by atoms with Crippen molar-refractivity contribution in [1.82, 2.24) is 4.98 Å². The van der Waals surface area contributed by atoms with Crippen LogP contribution in [0, 0.1) is 0 Å². The number of hydrogen-bond donors (Lipinski definition) is 1. The summed E-state index contributed by atoms with van der Waals surface area (Å²) in [6.45, 7) is 0. The summed E-state index contributed by atoms with van der Waals surface area (Å²) in [5, 5.41) is 0. The molecule has 2 N–H and O–H groups in total. The van der Waals surface area contributed by atoms with Crippen molar-refractivity contribution < 1.29 is 9.53 Å². The molecule has 1 amide bonds. The Labute approximate surface area is 75.7 Å². The van der Waals surface area contributed by atoms with Gasteiger partial charge >= 0.3 is 6.09 Å². The van der Waals surface area contributed by atoms with Gasteiger partial charge < -0.3 is 10.5 Å². The van der Waals surface area contributed by atoms with E-state index in [1.807, 2.05) is 6.07 Å². The van der Waals surface area contributed by atoms with Crippen LogP contribution in [0.2, 0.25) is 0 Å². The van der Waals surface area contributed by atoms with Gasteiger partial charge in [0.2, 0.25) is 0 Å². The van der Waals surface area contributed by atoms with E-state index in [1.165, 1.54) is 11.8 Å². The monoisotopic (exact) mass is 178 g/mol. The van der Waals surface area contributed by atoms with Crippen LogP contribution in [0.4, 0.5) is 4.79 Å². The molecule has 1 aliphatic carbocycles. The van der Waals surface area contributed by atoms with Crippen molar-refractivity contribution in [1.29, 1.82) is 0 Å². The molecule has 1 heterocycles. The molecule has 1 aromatic rings. The third-order valence-corrected chi connectivity index (χ3v) is 2.11. The number of carbonyl (C=O) groups excluding carboxylic acids is 1. The number of ether oxygens (including phenoxy) is 1. The zero-order valence-corrected chi connectivity index (χ0v) is 7.12. The van der Waals surface area contributed by atoms with E-state index in [-0.39, 0.29) is 0 Å². The fraction of sp³-hybridized carbons (Fsp3) is 0.333. The molecule has 0 aliphatic heterocycles. The number of amides is 1. The molecule has 13 heavy (non-hydrogen) atoms. The standard InChI is InChI=1S/C9H10N2O2/c10-9(12)13-7-4-6-2-1-3-8(6)11-5-7/h4-5H,1-3H2,(H2,10,12). The predicted octanol–water partition coefficient (Wildman–Crippen LogP) is 1.03. The van der Waals surface area contributed by atoms with E-state index in [4.69, 9.17) is 10.5 Å². The summed E-state index contributed by atoms with van der Waals surface area (Å²) < 4.78 is 4.72. The van der Waals surface area contributed by atoms with Crippen molar-refractivity contribution in [2.75, 3.05) is 0 Å². The Morgan fingerprint density at radius 1 is 1.54 bits per heavy atom. The second kappa shape index (κ2) is 3.05. The quantitative estimate of drug-likeness (QED) is 0.698. The number of aromatic nitrogens is 1. The SMILES string of the molecule is NC(=O)Oc1cnc2c(c1)CCC2. The lowest BCUT2D eigenvalue weighted by Gasteiger charge is -2.02. The Hall–Kier alpha value is -1.58. The smallest absolute Gasteiger partial charge is 0.409 e. The van der Waals surface area contributed by atoms with Gasteiger partial charge in [-0.3, -0.25) is 4.98 Å². The molecule has 0 spiro atoms. The van der Waals surface area contributed by atoms with E-state index in [2.05, 4.69) is 4.98 Å². The molecule has 1 aromatic heterocycles. The Morgan fingerprint density at radius 3 is 3.15 bits per heavy atom. The number of primary amides is 1. The number of hydrogen-bond acceptors (Lipinski definition) is 3. The highest BCUT2D eigenvalue weighted by molar-refractivity contribution is 5.68. The van der Waals surface area contributed by atoms with Crippen LogP contribution in [0.25, 0.3) is 0 Å². The maximum absolute atomic E-state index is 10.4. The third-order valence-electron chi connectivity index (χ3n) is 2.11. The molecule has 68 valence electrons. The lowest BCUT2D eigenvalue weighted by Crippen LogP contribution is -2.16. The van der Waals surface area contributed by atoms with Gasteiger partial charge in [-0.15, -0.1) is 0 Å². The van der Waals surface area contributed by atoms with Gasteiger partial charge in [0.1, 0.15) is 0 Å². The summed E-state index contributed by atoms with van der Waals surface area (Å²) in [6, 6.07) is 1.83. The minimum atomic E-state index is -0.792. The predicted molar refractivity (Wildman–Crippen MR) is 46.5 cm³/mol. The molecule has 4 nitrogen and oxygen atoms in total. The zero-order chi connectivity index (χ0) is 9.26. The molecule has 0 bridgehead atoms. The zero-order valence-electron chi connectivity index (χ0n) is 7.12. The molecular formula is C9H10N2O2. The van der Waals surface area contributed by atoms with E-state index in [9.17, 15) is 4.79 Å². The van der Waals surface area contributed by atoms with Crippen LogP contribution in [0.5, 0.6) is 5.75 Å². The first kappa shape index (κ1) is 8.04. The van der Waals surface area contributed by atoms with E-state index < -0.39 is 6.09 Å². The highest BCUT2D eigenvalue weighted by atomic mass is 16.5. The number of nitrogens with two attached hydrogens (primary N) is 1. The minimum Gasteiger partial charge on any atom is -0.409 e. The second-order valence-electron chi connectivity index (χ2n) is 3.05. The first-order valence-electron chi connectivity index (χ1n) is 4.21. The summed E-state index contributed by atoms with van der Waals surface area (Å²) in [5.41, 5.74) is 7.15. The molecule has 1 aliphatic rings. The van der Waals surface area contributed by atoms with E-state index in [0.29, 0.717) is 5.75 Å². The van der Waals surface area contributed by atoms with Gasteiger partial charge in [0, 0.05) is 5.69 Å². The number of nitrogens with zero attached hydrogens (tertiary/aromatic N) is 1. The van der Waals surface area contributed by atoms with Gasteiger partial charge in [-0.1, -0.05) is 0 Å². The minimum absolute atomic E-state index is 0.438. The molecule has 0 fully saturated rings. The first-order valence-corrected chi connectivity index (χ1v) is 4.21. The lowest BCUT2D eigenvalue weighted by molar-refractivity contribution is 0.210. The van der Waals surface area contributed by atoms with Crippen molar-refractivity contribution in [3.8, 4) is 5.75 Å². The van der Waals surface area contributed by atoms with Gasteiger partial charge in [-0.2, -0.15) is 0 Å². The number of fused-ring (bicyclic) bond motifs is 1. The van der Waals surface area contributed by atoms with Gasteiger partial charge in [0.25, 0.3) is 0 Å². The fourth-order valence-electron chi connectivity index (χ4n) is 1.58. The maximum atomic E-state index is 10.4.